The number of carbonyl (C=O) groups is 1. The molecule has 2 heterocycles. The van der Waals surface area contributed by atoms with Crippen LogP contribution in [0.1, 0.15) is 10.5 Å². The van der Waals surface area contributed by atoms with E-state index in [1.54, 1.807) is 17.1 Å². The molecule has 0 saturated heterocycles. The molecule has 0 aliphatic carbocycles. The van der Waals surface area contributed by atoms with Gasteiger partial charge in [0.25, 0.3) is 5.91 Å². The smallest absolute Gasteiger partial charge is 0.273 e. The maximum atomic E-state index is 11.8. The van der Waals surface area contributed by atoms with E-state index in [4.69, 9.17) is 11.6 Å². The molecule has 0 atom stereocenters. The Hall–Kier alpha value is -0.860. The van der Waals surface area contributed by atoms with Gasteiger partial charge in [-0.25, -0.2) is 0 Å². The fourth-order valence-electron chi connectivity index (χ4n) is 1.29. The van der Waals surface area contributed by atoms with Crippen LogP contribution in [0.3, 0.4) is 0 Å². The summed E-state index contributed by atoms with van der Waals surface area (Å²) in [7, 11) is 0. The highest BCUT2D eigenvalue weighted by atomic mass is 79.9. The van der Waals surface area contributed by atoms with Gasteiger partial charge >= 0.3 is 0 Å². The Balaban J connectivity index is 1.87. The van der Waals surface area contributed by atoms with Crippen molar-refractivity contribution in [2.75, 3.05) is 6.54 Å². The van der Waals surface area contributed by atoms with E-state index in [-0.39, 0.29) is 5.91 Å². The van der Waals surface area contributed by atoms with Gasteiger partial charge in [0, 0.05) is 12.7 Å². The van der Waals surface area contributed by atoms with Gasteiger partial charge in [0.05, 0.1) is 22.2 Å². The summed E-state index contributed by atoms with van der Waals surface area (Å²) in [5, 5.41) is 13.8. The highest BCUT2D eigenvalue weighted by Gasteiger charge is 2.15. The third-order valence-electron chi connectivity index (χ3n) is 2.11. The molecule has 0 fully saturated rings. The summed E-state index contributed by atoms with van der Waals surface area (Å²) in [6.07, 6.45) is 3.24. The SMILES string of the molecule is O=C(NCCn1cc(Cl)cn1)c1n[nH]c(Br)c1Br. The van der Waals surface area contributed by atoms with Gasteiger partial charge in [0.1, 0.15) is 4.60 Å². The number of hydrogen-bond donors (Lipinski definition) is 2. The fourth-order valence-corrected chi connectivity index (χ4v) is 2.08. The fraction of sp³-hybridized carbons (Fsp3) is 0.222. The van der Waals surface area contributed by atoms with Crippen molar-refractivity contribution in [3.8, 4) is 0 Å². The number of rotatable bonds is 4. The third kappa shape index (κ3) is 3.12. The predicted molar refractivity (Wildman–Crippen MR) is 73.6 cm³/mol. The molecule has 0 aromatic carbocycles. The van der Waals surface area contributed by atoms with Crippen LogP contribution in [0.4, 0.5) is 0 Å². The van der Waals surface area contributed by atoms with Crippen LogP contribution >= 0.6 is 43.5 Å². The predicted octanol–water partition coefficient (Wildman–Crippen LogP) is 2.21. The number of carbonyl (C=O) groups excluding carboxylic acids is 1. The molecule has 1 amide bonds. The number of hydrogen-bond acceptors (Lipinski definition) is 3. The normalized spacial score (nSPS) is 10.6. The van der Waals surface area contributed by atoms with Crippen LogP contribution in [0.5, 0.6) is 0 Å². The number of aromatic nitrogens is 4. The Bertz CT molecular complexity index is 567. The van der Waals surface area contributed by atoms with E-state index in [1.807, 2.05) is 0 Å². The summed E-state index contributed by atoms with van der Waals surface area (Å²) in [6, 6.07) is 0. The Kier molecular flexibility index (Phi) is 4.41. The molecule has 0 saturated carbocycles. The Morgan fingerprint density at radius 3 is 2.89 bits per heavy atom. The van der Waals surface area contributed by atoms with Gasteiger partial charge in [-0.3, -0.25) is 14.6 Å². The van der Waals surface area contributed by atoms with Crippen molar-refractivity contribution < 1.29 is 4.79 Å². The molecule has 0 unspecified atom stereocenters. The van der Waals surface area contributed by atoms with E-state index >= 15 is 0 Å². The molecule has 2 rings (SSSR count). The standard InChI is InChI=1S/C9H8Br2ClN5O/c10-6-7(15-16-8(6)11)9(18)13-1-2-17-4-5(12)3-14-17/h3-4H,1-2H2,(H,13,18)(H,15,16). The first-order valence-corrected chi connectivity index (χ1v) is 6.90. The first-order chi connectivity index (χ1) is 8.58. The second-order valence-electron chi connectivity index (χ2n) is 3.38. The minimum absolute atomic E-state index is 0.262. The molecule has 0 radical (unpaired) electrons. The summed E-state index contributed by atoms with van der Waals surface area (Å²) in [4.78, 5) is 11.8. The quantitative estimate of drug-likeness (QED) is 0.831. The average Bonchev–Trinajstić information content (AvgIpc) is 2.87. The maximum Gasteiger partial charge on any atom is 0.273 e. The molecule has 0 aliphatic heterocycles. The minimum Gasteiger partial charge on any atom is -0.349 e. The first kappa shape index (κ1) is 13.6. The molecule has 2 aromatic rings. The summed E-state index contributed by atoms with van der Waals surface area (Å²) < 4.78 is 2.88. The second kappa shape index (κ2) is 5.85. The van der Waals surface area contributed by atoms with Crippen LogP contribution in [0.15, 0.2) is 21.5 Å². The van der Waals surface area contributed by atoms with Crippen molar-refractivity contribution in [2.24, 2.45) is 0 Å². The number of nitrogens with one attached hydrogen (secondary N) is 2. The van der Waals surface area contributed by atoms with Gasteiger partial charge < -0.3 is 5.32 Å². The number of amides is 1. The zero-order valence-electron chi connectivity index (χ0n) is 8.95. The van der Waals surface area contributed by atoms with Crippen molar-refractivity contribution in [1.82, 2.24) is 25.3 Å². The molecule has 2 N–H and O–H groups in total. The molecular formula is C9H8Br2ClN5O. The zero-order chi connectivity index (χ0) is 13.1. The molecule has 0 aliphatic rings. The minimum atomic E-state index is -0.262. The second-order valence-corrected chi connectivity index (χ2v) is 5.40. The van der Waals surface area contributed by atoms with Crippen LogP contribution < -0.4 is 5.32 Å². The van der Waals surface area contributed by atoms with Crippen molar-refractivity contribution in [3.63, 3.8) is 0 Å². The van der Waals surface area contributed by atoms with Crippen molar-refractivity contribution in [1.29, 1.82) is 0 Å². The van der Waals surface area contributed by atoms with Gasteiger partial charge in [-0.05, 0) is 31.9 Å². The molecule has 96 valence electrons. The van der Waals surface area contributed by atoms with Crippen molar-refractivity contribution >= 4 is 49.4 Å². The van der Waals surface area contributed by atoms with Crippen molar-refractivity contribution in [2.45, 2.75) is 6.54 Å². The van der Waals surface area contributed by atoms with E-state index in [0.717, 1.165) is 0 Å². The number of halogens is 3. The average molecular weight is 397 g/mol. The van der Waals surface area contributed by atoms with Gasteiger partial charge in [-0.2, -0.15) is 10.2 Å². The van der Waals surface area contributed by atoms with Crippen LogP contribution in [0.25, 0.3) is 0 Å². The van der Waals surface area contributed by atoms with E-state index in [9.17, 15) is 4.79 Å². The summed E-state index contributed by atoms with van der Waals surface area (Å²) in [5.74, 6) is -0.262. The molecule has 0 bridgehead atoms. The number of nitrogens with zero attached hydrogens (tertiary/aromatic N) is 3. The molecule has 6 nitrogen and oxygen atoms in total. The Morgan fingerprint density at radius 1 is 1.56 bits per heavy atom. The van der Waals surface area contributed by atoms with E-state index in [0.29, 0.717) is 32.9 Å². The molecule has 9 heteroatoms. The summed E-state index contributed by atoms with van der Waals surface area (Å²) in [5.41, 5.74) is 0.306. The Morgan fingerprint density at radius 2 is 2.33 bits per heavy atom. The first-order valence-electron chi connectivity index (χ1n) is 4.93. The highest BCUT2D eigenvalue weighted by molar-refractivity contribution is 9.13. The van der Waals surface area contributed by atoms with Crippen molar-refractivity contribution in [3.05, 3.63) is 32.2 Å². The third-order valence-corrected chi connectivity index (χ3v) is 4.18. The van der Waals surface area contributed by atoms with Crippen LogP contribution in [-0.2, 0) is 6.54 Å². The summed E-state index contributed by atoms with van der Waals surface area (Å²) >= 11 is 12.2. The van der Waals surface area contributed by atoms with Crippen LogP contribution in [-0.4, -0.2) is 32.4 Å². The lowest BCUT2D eigenvalue weighted by atomic mass is 10.4. The highest BCUT2D eigenvalue weighted by Crippen LogP contribution is 2.23. The maximum absolute atomic E-state index is 11.8. The Labute approximate surface area is 124 Å². The topological polar surface area (TPSA) is 75.6 Å². The van der Waals surface area contributed by atoms with E-state index in [1.165, 1.54) is 0 Å². The molecule has 2 aromatic heterocycles. The lowest BCUT2D eigenvalue weighted by molar-refractivity contribution is 0.0946. The lowest BCUT2D eigenvalue weighted by Gasteiger charge is -2.03. The zero-order valence-corrected chi connectivity index (χ0v) is 12.9. The molecule has 18 heavy (non-hydrogen) atoms. The summed E-state index contributed by atoms with van der Waals surface area (Å²) in [6.45, 7) is 0.982. The van der Waals surface area contributed by atoms with Crippen LogP contribution in [0, 0.1) is 0 Å². The number of H-pyrrole nitrogens is 1. The van der Waals surface area contributed by atoms with Crippen LogP contribution in [0.2, 0.25) is 5.02 Å². The monoisotopic (exact) mass is 395 g/mol. The lowest BCUT2D eigenvalue weighted by Crippen LogP contribution is -2.27. The molecule has 0 spiro atoms. The van der Waals surface area contributed by atoms with E-state index < -0.39 is 0 Å². The van der Waals surface area contributed by atoms with E-state index in [2.05, 4.69) is 52.5 Å². The molecular weight excluding hydrogens is 389 g/mol. The van der Waals surface area contributed by atoms with Gasteiger partial charge in [0.15, 0.2) is 5.69 Å². The largest absolute Gasteiger partial charge is 0.349 e. The number of aromatic amines is 1. The van der Waals surface area contributed by atoms with Gasteiger partial charge in [-0.1, -0.05) is 11.6 Å². The van der Waals surface area contributed by atoms with Gasteiger partial charge in [0.2, 0.25) is 0 Å². The van der Waals surface area contributed by atoms with Gasteiger partial charge in [-0.15, -0.1) is 0 Å².